The molecule has 2 heterocycles. The third-order valence-electron chi connectivity index (χ3n) is 11.5. The van der Waals surface area contributed by atoms with E-state index in [1.165, 1.54) is 53.6 Å². The van der Waals surface area contributed by atoms with Crippen LogP contribution in [0.5, 0.6) is 0 Å². The van der Waals surface area contributed by atoms with Crippen molar-refractivity contribution in [3.63, 3.8) is 0 Å². The maximum atomic E-state index is 6.42. The molecular formula is C51H35NOS. The van der Waals surface area contributed by atoms with E-state index in [-0.39, 0.29) is 5.41 Å². The lowest BCUT2D eigenvalue weighted by Gasteiger charge is -2.28. The summed E-state index contributed by atoms with van der Waals surface area (Å²) in [6.07, 6.45) is 0. The van der Waals surface area contributed by atoms with Crippen molar-refractivity contribution in [1.29, 1.82) is 0 Å². The van der Waals surface area contributed by atoms with Gasteiger partial charge in [0.25, 0.3) is 0 Å². The Hall–Kier alpha value is -6.42. The largest absolute Gasteiger partial charge is 0.455 e. The van der Waals surface area contributed by atoms with Gasteiger partial charge in [-0.2, -0.15) is 0 Å². The summed E-state index contributed by atoms with van der Waals surface area (Å²) in [7, 11) is 0. The van der Waals surface area contributed by atoms with Crippen LogP contribution in [0.15, 0.2) is 180 Å². The molecule has 10 aromatic rings. The summed E-state index contributed by atoms with van der Waals surface area (Å²) in [4.78, 5) is 2.39. The van der Waals surface area contributed by atoms with Crippen LogP contribution in [0.2, 0.25) is 0 Å². The van der Waals surface area contributed by atoms with Gasteiger partial charge >= 0.3 is 0 Å². The van der Waals surface area contributed by atoms with Crippen LogP contribution >= 0.6 is 11.3 Å². The van der Waals surface area contributed by atoms with Crippen molar-refractivity contribution >= 4 is 70.5 Å². The van der Waals surface area contributed by atoms with Crippen LogP contribution in [-0.2, 0) is 5.41 Å². The monoisotopic (exact) mass is 709 g/mol. The molecule has 2 nitrogen and oxygen atoms in total. The van der Waals surface area contributed by atoms with E-state index in [9.17, 15) is 0 Å². The quantitative estimate of drug-likeness (QED) is 0.177. The van der Waals surface area contributed by atoms with Gasteiger partial charge in [-0.05, 0) is 99.6 Å². The molecule has 0 N–H and O–H groups in total. The Morgan fingerprint density at radius 2 is 1.04 bits per heavy atom. The molecule has 0 fully saturated rings. The highest BCUT2D eigenvalue weighted by Gasteiger charge is 2.35. The van der Waals surface area contributed by atoms with Gasteiger partial charge in [0.05, 0.1) is 0 Å². The Labute approximate surface area is 318 Å². The Morgan fingerprint density at radius 3 is 1.87 bits per heavy atom. The number of furan rings is 1. The van der Waals surface area contributed by atoms with E-state index in [0.29, 0.717) is 0 Å². The number of nitrogens with zero attached hydrogens (tertiary/aromatic N) is 1. The van der Waals surface area contributed by atoms with Crippen LogP contribution < -0.4 is 4.90 Å². The first-order valence-corrected chi connectivity index (χ1v) is 19.4. The molecule has 1 aliphatic rings. The average Bonchev–Trinajstić information content (AvgIpc) is 3.86. The zero-order valence-corrected chi connectivity index (χ0v) is 30.8. The standard InChI is InChI=1S/C51H35NOS/c1-51(2)45-15-6-3-10-39(45)40-28-27-37(31-46(40)51)52(35-23-18-32(19-24-35)34-22-29-49-44(30-34)42-12-5-8-17-48(42)54-49)36-25-20-33(21-26-36)38-13-9-14-43-41-11-4-7-16-47(41)53-50(38)43/h3-31H,1-2H3. The number of anilines is 3. The van der Waals surface area contributed by atoms with Crippen LogP contribution in [0.1, 0.15) is 25.0 Å². The predicted molar refractivity (Wildman–Crippen MR) is 230 cm³/mol. The van der Waals surface area contributed by atoms with Crippen molar-refractivity contribution in [2.24, 2.45) is 0 Å². The highest BCUT2D eigenvalue weighted by Crippen LogP contribution is 2.51. The van der Waals surface area contributed by atoms with Crippen LogP contribution in [0.3, 0.4) is 0 Å². The fourth-order valence-electron chi connectivity index (χ4n) is 8.75. The van der Waals surface area contributed by atoms with E-state index in [0.717, 1.165) is 50.1 Å². The molecule has 1 aliphatic carbocycles. The lowest BCUT2D eigenvalue weighted by Crippen LogP contribution is -2.16. The SMILES string of the molecule is CC1(C)c2ccccc2-c2ccc(N(c3ccc(-c4ccc5sc6ccccc6c5c4)cc3)c3ccc(-c4cccc5c4oc4ccccc45)cc3)cc21. The molecule has 54 heavy (non-hydrogen) atoms. The van der Waals surface area contributed by atoms with Crippen molar-refractivity contribution in [3.8, 4) is 33.4 Å². The van der Waals surface area contributed by atoms with Gasteiger partial charge in [0, 0.05) is 59.0 Å². The number of para-hydroxylation sites is 2. The number of fused-ring (bicyclic) bond motifs is 9. The molecule has 0 unspecified atom stereocenters. The molecule has 256 valence electrons. The Kier molecular flexibility index (Phi) is 6.80. The summed E-state index contributed by atoms with van der Waals surface area (Å²) in [5, 5.41) is 4.93. The molecule has 0 radical (unpaired) electrons. The molecule has 3 heteroatoms. The first kappa shape index (κ1) is 31.1. The number of thiophene rings is 1. The minimum atomic E-state index is -0.100. The van der Waals surface area contributed by atoms with Crippen molar-refractivity contribution in [3.05, 3.63) is 187 Å². The third kappa shape index (κ3) is 4.72. The molecule has 2 aromatic heterocycles. The highest BCUT2D eigenvalue weighted by atomic mass is 32.1. The molecule has 0 saturated heterocycles. The second-order valence-electron chi connectivity index (χ2n) is 14.9. The highest BCUT2D eigenvalue weighted by molar-refractivity contribution is 7.25. The van der Waals surface area contributed by atoms with E-state index in [4.69, 9.17) is 4.42 Å². The summed E-state index contributed by atoms with van der Waals surface area (Å²) in [5.41, 5.74) is 15.1. The van der Waals surface area contributed by atoms with Gasteiger partial charge in [-0.3, -0.25) is 0 Å². The van der Waals surface area contributed by atoms with Gasteiger partial charge < -0.3 is 9.32 Å². The topological polar surface area (TPSA) is 16.4 Å². The van der Waals surface area contributed by atoms with Crippen molar-refractivity contribution in [2.75, 3.05) is 4.90 Å². The molecular weight excluding hydrogens is 675 g/mol. The van der Waals surface area contributed by atoms with Gasteiger partial charge in [-0.15, -0.1) is 11.3 Å². The molecule has 8 aromatic carbocycles. The summed E-state index contributed by atoms with van der Waals surface area (Å²) < 4.78 is 9.07. The molecule has 0 aliphatic heterocycles. The van der Waals surface area contributed by atoms with E-state index in [1.54, 1.807) is 0 Å². The van der Waals surface area contributed by atoms with E-state index >= 15 is 0 Å². The summed E-state index contributed by atoms with van der Waals surface area (Å²) >= 11 is 1.86. The lowest BCUT2D eigenvalue weighted by atomic mass is 9.82. The molecule has 0 bridgehead atoms. The zero-order valence-electron chi connectivity index (χ0n) is 30.0. The molecule has 0 saturated carbocycles. The number of rotatable bonds is 5. The van der Waals surface area contributed by atoms with E-state index in [1.807, 2.05) is 23.5 Å². The first-order valence-electron chi connectivity index (χ1n) is 18.6. The van der Waals surface area contributed by atoms with Gasteiger partial charge in [-0.1, -0.05) is 129 Å². The number of benzene rings is 8. The normalized spacial score (nSPS) is 13.1. The van der Waals surface area contributed by atoms with Crippen LogP contribution in [0, 0.1) is 0 Å². The average molecular weight is 710 g/mol. The second-order valence-corrected chi connectivity index (χ2v) is 16.0. The molecule has 0 spiro atoms. The van der Waals surface area contributed by atoms with Crippen LogP contribution in [0.4, 0.5) is 17.1 Å². The maximum Gasteiger partial charge on any atom is 0.143 e. The number of hydrogen-bond acceptors (Lipinski definition) is 3. The van der Waals surface area contributed by atoms with Crippen molar-refractivity contribution in [2.45, 2.75) is 19.3 Å². The fourth-order valence-corrected chi connectivity index (χ4v) is 9.84. The minimum absolute atomic E-state index is 0.100. The maximum absolute atomic E-state index is 6.42. The van der Waals surface area contributed by atoms with Gasteiger partial charge in [0.2, 0.25) is 0 Å². The molecule has 11 rings (SSSR count). The summed E-state index contributed by atoms with van der Waals surface area (Å²) in [6.45, 7) is 4.70. The zero-order chi connectivity index (χ0) is 36.0. The van der Waals surface area contributed by atoms with Gasteiger partial charge in [0.15, 0.2) is 0 Å². The van der Waals surface area contributed by atoms with Crippen molar-refractivity contribution < 1.29 is 4.42 Å². The van der Waals surface area contributed by atoms with Crippen LogP contribution in [0.25, 0.3) is 75.5 Å². The third-order valence-corrected chi connectivity index (χ3v) is 12.7. The minimum Gasteiger partial charge on any atom is -0.455 e. The lowest BCUT2D eigenvalue weighted by molar-refractivity contribution is 0.660. The predicted octanol–water partition coefficient (Wildman–Crippen LogP) is 15.1. The smallest absolute Gasteiger partial charge is 0.143 e. The summed E-state index contributed by atoms with van der Waals surface area (Å²) in [6, 6.07) is 64.2. The number of hydrogen-bond donors (Lipinski definition) is 0. The second kappa shape index (κ2) is 11.8. The molecule has 0 amide bonds. The molecule has 0 atom stereocenters. The van der Waals surface area contributed by atoms with Gasteiger partial charge in [0.1, 0.15) is 11.2 Å². The summed E-state index contributed by atoms with van der Waals surface area (Å²) in [5.74, 6) is 0. The fraction of sp³-hybridized carbons (Fsp3) is 0.0588. The Morgan fingerprint density at radius 1 is 0.426 bits per heavy atom. The van der Waals surface area contributed by atoms with Crippen molar-refractivity contribution in [1.82, 2.24) is 0 Å². The van der Waals surface area contributed by atoms with E-state index in [2.05, 4.69) is 183 Å². The Balaban J connectivity index is 1.02. The first-order chi connectivity index (χ1) is 26.5. The Bertz CT molecular complexity index is 3070. The van der Waals surface area contributed by atoms with Crippen LogP contribution in [-0.4, -0.2) is 0 Å². The van der Waals surface area contributed by atoms with Gasteiger partial charge in [-0.25, -0.2) is 0 Å². The van der Waals surface area contributed by atoms with E-state index < -0.39 is 0 Å².